The van der Waals surface area contributed by atoms with Crippen molar-refractivity contribution in [1.29, 1.82) is 0 Å². The quantitative estimate of drug-likeness (QED) is 0.912. The van der Waals surface area contributed by atoms with Crippen LogP contribution < -0.4 is 10.9 Å². The molecule has 0 saturated carbocycles. The van der Waals surface area contributed by atoms with Gasteiger partial charge in [0.2, 0.25) is 0 Å². The summed E-state index contributed by atoms with van der Waals surface area (Å²) in [6.07, 6.45) is 2.27. The number of aromatic amines is 1. The lowest BCUT2D eigenvalue weighted by Crippen LogP contribution is -2.40. The number of hydrogen-bond acceptors (Lipinski definition) is 3. The van der Waals surface area contributed by atoms with Gasteiger partial charge in [-0.15, -0.1) is 0 Å². The summed E-state index contributed by atoms with van der Waals surface area (Å²) in [6.45, 7) is 4.02. The van der Waals surface area contributed by atoms with Gasteiger partial charge in [-0.1, -0.05) is 32.0 Å². The van der Waals surface area contributed by atoms with E-state index in [0.717, 1.165) is 29.7 Å². The molecule has 3 rings (SSSR count). The van der Waals surface area contributed by atoms with Crippen LogP contribution in [-0.4, -0.2) is 22.1 Å². The number of hydrogen-bond donors (Lipinski definition) is 2. The number of H-pyrrole nitrogens is 1. The summed E-state index contributed by atoms with van der Waals surface area (Å²) in [4.78, 5) is 24.4. The van der Waals surface area contributed by atoms with Crippen LogP contribution in [0, 0.1) is 0 Å². The highest BCUT2D eigenvalue weighted by Gasteiger charge is 2.26. The number of aryl methyl sites for hydroxylation is 1. The predicted octanol–water partition coefficient (Wildman–Crippen LogP) is 2.18. The average Bonchev–Trinajstić information content (AvgIpc) is 2.55. The number of amides is 1. The topological polar surface area (TPSA) is 74.8 Å². The van der Waals surface area contributed by atoms with E-state index < -0.39 is 0 Å². The van der Waals surface area contributed by atoms with E-state index in [1.165, 1.54) is 0 Å². The molecule has 0 saturated heterocycles. The molecule has 5 nitrogen and oxygen atoms in total. The van der Waals surface area contributed by atoms with E-state index in [0.29, 0.717) is 12.0 Å². The second-order valence-electron chi connectivity index (χ2n) is 6.33. The average molecular weight is 311 g/mol. The fraction of sp³-hybridized carbons (Fsp3) is 0.389. The predicted molar refractivity (Wildman–Crippen MR) is 88.7 cm³/mol. The van der Waals surface area contributed by atoms with E-state index in [1.54, 1.807) is 12.1 Å². The maximum absolute atomic E-state index is 12.3. The van der Waals surface area contributed by atoms with Crippen molar-refractivity contribution in [2.24, 2.45) is 0 Å². The van der Waals surface area contributed by atoms with Gasteiger partial charge in [0, 0.05) is 17.2 Å². The van der Waals surface area contributed by atoms with Gasteiger partial charge >= 0.3 is 0 Å². The van der Waals surface area contributed by atoms with Gasteiger partial charge in [-0.3, -0.25) is 9.59 Å². The van der Waals surface area contributed by atoms with Gasteiger partial charge in [0.1, 0.15) is 0 Å². The van der Waals surface area contributed by atoms with Gasteiger partial charge in [0.15, 0.2) is 0 Å². The van der Waals surface area contributed by atoms with Crippen LogP contribution in [-0.2, 0) is 12.8 Å². The maximum atomic E-state index is 12.3. The Kier molecular flexibility index (Phi) is 4.28. The smallest absolute Gasteiger partial charge is 0.267 e. The maximum Gasteiger partial charge on any atom is 0.267 e. The Morgan fingerprint density at radius 1 is 1.30 bits per heavy atom. The molecule has 1 atom stereocenters. The highest BCUT2D eigenvalue weighted by atomic mass is 16.1. The van der Waals surface area contributed by atoms with E-state index in [1.807, 2.05) is 32.0 Å². The third kappa shape index (κ3) is 3.18. The van der Waals surface area contributed by atoms with Crippen molar-refractivity contribution >= 4 is 5.91 Å². The van der Waals surface area contributed by atoms with E-state index in [9.17, 15) is 9.59 Å². The number of fused-ring (bicyclic) bond motifs is 1. The van der Waals surface area contributed by atoms with Crippen LogP contribution in [0.3, 0.4) is 0 Å². The van der Waals surface area contributed by atoms with Gasteiger partial charge < -0.3 is 5.32 Å². The summed E-state index contributed by atoms with van der Waals surface area (Å²) < 4.78 is 0. The summed E-state index contributed by atoms with van der Waals surface area (Å²) in [7, 11) is 0. The largest absolute Gasteiger partial charge is 0.349 e. The molecular formula is C18H21N3O2. The summed E-state index contributed by atoms with van der Waals surface area (Å²) in [5, 5.41) is 9.86. The van der Waals surface area contributed by atoms with Crippen molar-refractivity contribution in [3.05, 3.63) is 63.1 Å². The molecule has 0 fully saturated rings. The van der Waals surface area contributed by atoms with Crippen LogP contribution >= 0.6 is 0 Å². The van der Waals surface area contributed by atoms with Gasteiger partial charge in [-0.25, -0.2) is 5.10 Å². The molecule has 0 bridgehead atoms. The molecule has 0 aliphatic heterocycles. The summed E-state index contributed by atoms with van der Waals surface area (Å²) in [6, 6.07) is 9.24. The van der Waals surface area contributed by atoms with Crippen molar-refractivity contribution < 1.29 is 4.79 Å². The number of aromatic nitrogens is 2. The first-order valence-electron chi connectivity index (χ1n) is 8.02. The molecule has 0 spiro atoms. The summed E-state index contributed by atoms with van der Waals surface area (Å²) in [5.74, 6) is 0.0713. The molecule has 1 heterocycles. The summed E-state index contributed by atoms with van der Waals surface area (Å²) in [5.41, 5.74) is 3.31. The molecular weight excluding hydrogens is 290 g/mol. The van der Waals surface area contributed by atoms with Crippen molar-refractivity contribution in [1.82, 2.24) is 15.5 Å². The molecule has 1 unspecified atom stereocenters. The van der Waals surface area contributed by atoms with Gasteiger partial charge in [-0.2, -0.15) is 5.10 Å². The highest BCUT2D eigenvalue weighted by Crippen LogP contribution is 2.25. The van der Waals surface area contributed by atoms with E-state index >= 15 is 0 Å². The van der Waals surface area contributed by atoms with Crippen LogP contribution in [0.15, 0.2) is 35.1 Å². The third-order valence-corrected chi connectivity index (χ3v) is 4.34. The first kappa shape index (κ1) is 15.5. The van der Waals surface area contributed by atoms with Crippen LogP contribution in [0.5, 0.6) is 0 Å². The Morgan fingerprint density at radius 3 is 2.74 bits per heavy atom. The number of benzene rings is 1. The minimum Gasteiger partial charge on any atom is -0.349 e. The Bertz CT molecular complexity index is 766. The SMILES string of the molecule is CC(C)c1c2c(n[nH]c1=O)CCC(NC(=O)c1ccccc1)C2. The fourth-order valence-corrected chi connectivity index (χ4v) is 3.22. The zero-order valence-electron chi connectivity index (χ0n) is 13.4. The molecule has 120 valence electrons. The third-order valence-electron chi connectivity index (χ3n) is 4.34. The van der Waals surface area contributed by atoms with E-state index in [-0.39, 0.29) is 23.4 Å². The van der Waals surface area contributed by atoms with Crippen LogP contribution in [0.4, 0.5) is 0 Å². The minimum absolute atomic E-state index is 0.0382. The zero-order valence-corrected chi connectivity index (χ0v) is 13.4. The molecule has 1 aliphatic rings. The molecule has 1 aromatic carbocycles. The van der Waals surface area contributed by atoms with Gasteiger partial charge in [0.25, 0.3) is 11.5 Å². The molecule has 1 aromatic heterocycles. The Hall–Kier alpha value is -2.43. The molecule has 0 radical (unpaired) electrons. The van der Waals surface area contributed by atoms with Gasteiger partial charge in [-0.05, 0) is 42.9 Å². The van der Waals surface area contributed by atoms with Gasteiger partial charge in [0.05, 0.1) is 5.69 Å². The second-order valence-corrected chi connectivity index (χ2v) is 6.33. The first-order valence-corrected chi connectivity index (χ1v) is 8.02. The highest BCUT2D eigenvalue weighted by molar-refractivity contribution is 5.94. The molecule has 1 aliphatic carbocycles. The lowest BCUT2D eigenvalue weighted by Gasteiger charge is -2.27. The first-order chi connectivity index (χ1) is 11.1. The molecule has 2 N–H and O–H groups in total. The number of rotatable bonds is 3. The summed E-state index contributed by atoms with van der Waals surface area (Å²) >= 11 is 0. The van der Waals surface area contributed by atoms with Crippen LogP contribution in [0.2, 0.25) is 0 Å². The van der Waals surface area contributed by atoms with Crippen molar-refractivity contribution in [2.75, 3.05) is 0 Å². The Labute approximate surface area is 135 Å². The molecule has 1 amide bonds. The number of carbonyl (C=O) groups excluding carboxylic acids is 1. The fourth-order valence-electron chi connectivity index (χ4n) is 3.22. The molecule has 23 heavy (non-hydrogen) atoms. The molecule has 5 heteroatoms. The van der Waals surface area contributed by atoms with E-state index in [4.69, 9.17) is 0 Å². The second kappa shape index (κ2) is 6.36. The Balaban J connectivity index is 1.81. The normalized spacial score (nSPS) is 16.9. The molecule has 2 aromatic rings. The standard InChI is InChI=1S/C18H21N3O2/c1-11(2)16-14-10-13(8-9-15(14)20-21-18(16)23)19-17(22)12-6-4-3-5-7-12/h3-7,11,13H,8-10H2,1-2H3,(H,19,22)(H,21,23). The Morgan fingerprint density at radius 2 is 2.04 bits per heavy atom. The van der Waals surface area contributed by atoms with Crippen LogP contribution in [0.1, 0.15) is 53.4 Å². The lowest BCUT2D eigenvalue weighted by molar-refractivity contribution is 0.0933. The number of carbonyl (C=O) groups is 1. The lowest BCUT2D eigenvalue weighted by atomic mass is 9.86. The van der Waals surface area contributed by atoms with E-state index in [2.05, 4.69) is 15.5 Å². The monoisotopic (exact) mass is 311 g/mol. The van der Waals surface area contributed by atoms with Crippen molar-refractivity contribution in [3.63, 3.8) is 0 Å². The van der Waals surface area contributed by atoms with Crippen molar-refractivity contribution in [3.8, 4) is 0 Å². The van der Waals surface area contributed by atoms with Crippen LogP contribution in [0.25, 0.3) is 0 Å². The minimum atomic E-state index is -0.117. The number of nitrogens with one attached hydrogen (secondary N) is 2. The van der Waals surface area contributed by atoms with Crippen molar-refractivity contribution in [2.45, 2.75) is 45.1 Å². The number of nitrogens with zero attached hydrogens (tertiary/aromatic N) is 1. The zero-order chi connectivity index (χ0) is 16.4.